The van der Waals surface area contributed by atoms with E-state index in [0.717, 1.165) is 25.9 Å². The number of amides is 1. The highest BCUT2D eigenvalue weighted by atomic mass is 35.5. The number of hydrogen-bond acceptors (Lipinski definition) is 4. The van der Waals surface area contributed by atoms with E-state index in [0.29, 0.717) is 13.0 Å². The summed E-state index contributed by atoms with van der Waals surface area (Å²) >= 11 is 0. The molecule has 0 aromatic carbocycles. The number of piperidine rings is 1. The first kappa shape index (κ1) is 18.2. The molecule has 2 N–H and O–H groups in total. The predicted molar refractivity (Wildman–Crippen MR) is 76.1 cm³/mol. The molecule has 0 bridgehead atoms. The Morgan fingerprint density at radius 3 is 2.21 bits per heavy atom. The van der Waals surface area contributed by atoms with Crippen molar-refractivity contribution in [3.05, 3.63) is 0 Å². The largest absolute Gasteiger partial charge is 0.465 e. The lowest BCUT2D eigenvalue weighted by Gasteiger charge is -2.35. The summed E-state index contributed by atoms with van der Waals surface area (Å²) in [5, 5.41) is 0. The van der Waals surface area contributed by atoms with Crippen LogP contribution in [-0.4, -0.2) is 43.0 Å². The molecule has 0 radical (unpaired) electrons. The van der Waals surface area contributed by atoms with Gasteiger partial charge in [0.25, 0.3) is 0 Å². The van der Waals surface area contributed by atoms with Crippen molar-refractivity contribution < 1.29 is 14.3 Å². The Bertz CT molecular complexity index is 306. The second kappa shape index (κ2) is 8.38. The Kier molecular flexibility index (Phi) is 8.02. The summed E-state index contributed by atoms with van der Waals surface area (Å²) in [6, 6.07) is 0. The molecule has 1 rings (SSSR count). The van der Waals surface area contributed by atoms with Gasteiger partial charge in [-0.3, -0.25) is 9.59 Å². The molecule has 1 heterocycles. The van der Waals surface area contributed by atoms with Crippen molar-refractivity contribution in [1.29, 1.82) is 0 Å². The summed E-state index contributed by atoms with van der Waals surface area (Å²) in [6.07, 6.45) is 3.83. The van der Waals surface area contributed by atoms with Crippen molar-refractivity contribution >= 4 is 24.3 Å². The van der Waals surface area contributed by atoms with E-state index in [1.165, 1.54) is 6.42 Å². The Balaban J connectivity index is 0.00000324. The van der Waals surface area contributed by atoms with Gasteiger partial charge in [-0.2, -0.15) is 0 Å². The summed E-state index contributed by atoms with van der Waals surface area (Å²) in [5.74, 6) is -1.06. The van der Waals surface area contributed by atoms with E-state index < -0.39 is 17.3 Å². The third-order valence-electron chi connectivity index (χ3n) is 3.68. The molecule has 5 nitrogen and oxygen atoms in total. The maximum atomic E-state index is 12.1. The lowest BCUT2D eigenvalue weighted by Crippen LogP contribution is -2.53. The quantitative estimate of drug-likeness (QED) is 0.592. The third kappa shape index (κ3) is 4.35. The molecule has 0 spiro atoms. The van der Waals surface area contributed by atoms with Crippen molar-refractivity contribution in [2.75, 3.05) is 26.2 Å². The number of primary amides is 1. The number of ether oxygens (including phenoxy) is 1. The van der Waals surface area contributed by atoms with Gasteiger partial charge in [0.1, 0.15) is 0 Å². The summed E-state index contributed by atoms with van der Waals surface area (Å²) in [6.45, 7) is 6.06. The molecule has 6 heteroatoms. The monoisotopic (exact) mass is 292 g/mol. The van der Waals surface area contributed by atoms with Gasteiger partial charge in [0.2, 0.25) is 5.91 Å². The maximum absolute atomic E-state index is 12.1. The lowest BCUT2D eigenvalue weighted by atomic mass is 9.83. The van der Waals surface area contributed by atoms with E-state index in [1.807, 2.05) is 6.92 Å². The Morgan fingerprint density at radius 1 is 1.21 bits per heavy atom. The fourth-order valence-electron chi connectivity index (χ4n) is 2.44. The minimum Gasteiger partial charge on any atom is -0.465 e. The first-order valence-corrected chi connectivity index (χ1v) is 6.76. The maximum Gasteiger partial charge on any atom is 0.322 e. The smallest absolute Gasteiger partial charge is 0.322 e. The average Bonchev–Trinajstić information content (AvgIpc) is 2.37. The first-order chi connectivity index (χ1) is 8.56. The van der Waals surface area contributed by atoms with Crippen LogP contribution in [0.25, 0.3) is 0 Å². The number of rotatable bonds is 6. The van der Waals surface area contributed by atoms with Crippen LogP contribution in [0.15, 0.2) is 0 Å². The zero-order chi connectivity index (χ0) is 13.6. The minimum absolute atomic E-state index is 0. The number of nitrogens with two attached hydrogens (primary N) is 1. The Labute approximate surface area is 121 Å². The molecular formula is C13H25ClN2O3. The van der Waals surface area contributed by atoms with E-state index in [2.05, 4.69) is 4.90 Å². The van der Waals surface area contributed by atoms with Crippen LogP contribution in [0, 0.1) is 5.41 Å². The number of hydrogen-bond donors (Lipinski definition) is 1. The summed E-state index contributed by atoms with van der Waals surface area (Å²) in [5.41, 5.74) is 4.28. The summed E-state index contributed by atoms with van der Waals surface area (Å²) < 4.78 is 5.03. The van der Waals surface area contributed by atoms with E-state index in [-0.39, 0.29) is 19.0 Å². The molecule has 1 unspecified atom stereocenters. The molecule has 1 amide bonds. The van der Waals surface area contributed by atoms with Gasteiger partial charge in [-0.15, -0.1) is 12.4 Å². The molecule has 1 fully saturated rings. The van der Waals surface area contributed by atoms with E-state index in [1.54, 1.807) is 6.92 Å². The van der Waals surface area contributed by atoms with Gasteiger partial charge >= 0.3 is 5.97 Å². The number of carbonyl (C=O) groups is 2. The number of carbonyl (C=O) groups excluding carboxylic acids is 2. The Hall–Kier alpha value is -0.810. The summed E-state index contributed by atoms with van der Waals surface area (Å²) in [7, 11) is 0. The SMILES string of the molecule is CCOC(=O)C(CC)(CN1CCCCC1)C(N)=O.Cl. The van der Waals surface area contributed by atoms with Crippen molar-refractivity contribution in [2.45, 2.75) is 39.5 Å². The van der Waals surface area contributed by atoms with Crippen LogP contribution < -0.4 is 5.73 Å². The van der Waals surface area contributed by atoms with Crippen LogP contribution in [0.1, 0.15) is 39.5 Å². The molecule has 1 saturated heterocycles. The normalized spacial score (nSPS) is 19.1. The molecule has 19 heavy (non-hydrogen) atoms. The number of esters is 1. The molecular weight excluding hydrogens is 268 g/mol. The van der Waals surface area contributed by atoms with Crippen LogP contribution in [0.4, 0.5) is 0 Å². The fraction of sp³-hybridized carbons (Fsp3) is 0.846. The molecule has 112 valence electrons. The van der Waals surface area contributed by atoms with Crippen molar-refractivity contribution in [2.24, 2.45) is 11.1 Å². The Morgan fingerprint density at radius 2 is 1.79 bits per heavy atom. The van der Waals surface area contributed by atoms with Crippen LogP contribution in [0.5, 0.6) is 0 Å². The standard InChI is InChI=1S/C13H24N2O3.ClH/c1-3-13(11(14)16,12(17)18-4-2)10-15-8-6-5-7-9-15;/h3-10H2,1-2H3,(H2,14,16);1H. The second-order valence-corrected chi connectivity index (χ2v) is 4.86. The van der Waals surface area contributed by atoms with Crippen LogP contribution >= 0.6 is 12.4 Å². The van der Waals surface area contributed by atoms with Gasteiger partial charge < -0.3 is 15.4 Å². The van der Waals surface area contributed by atoms with Gasteiger partial charge in [-0.25, -0.2) is 0 Å². The highest BCUT2D eigenvalue weighted by molar-refractivity contribution is 6.02. The van der Waals surface area contributed by atoms with Crippen molar-refractivity contribution in [1.82, 2.24) is 4.90 Å². The zero-order valence-corrected chi connectivity index (χ0v) is 12.6. The highest BCUT2D eigenvalue weighted by Crippen LogP contribution is 2.26. The first-order valence-electron chi connectivity index (χ1n) is 6.76. The zero-order valence-electron chi connectivity index (χ0n) is 11.8. The molecule has 1 atom stereocenters. The molecule has 0 aromatic heterocycles. The van der Waals surface area contributed by atoms with Gasteiger partial charge in [-0.1, -0.05) is 13.3 Å². The van der Waals surface area contributed by atoms with Gasteiger partial charge in [0, 0.05) is 6.54 Å². The van der Waals surface area contributed by atoms with Crippen LogP contribution in [0.2, 0.25) is 0 Å². The van der Waals surface area contributed by atoms with Gasteiger partial charge in [-0.05, 0) is 39.3 Å². The van der Waals surface area contributed by atoms with Crippen LogP contribution in [-0.2, 0) is 14.3 Å². The fourth-order valence-corrected chi connectivity index (χ4v) is 2.44. The topological polar surface area (TPSA) is 72.6 Å². The molecule has 1 aliphatic heterocycles. The molecule has 0 aliphatic carbocycles. The molecule has 0 saturated carbocycles. The highest BCUT2D eigenvalue weighted by Gasteiger charge is 2.45. The van der Waals surface area contributed by atoms with Gasteiger partial charge in [0.15, 0.2) is 5.41 Å². The van der Waals surface area contributed by atoms with E-state index in [9.17, 15) is 9.59 Å². The summed E-state index contributed by atoms with van der Waals surface area (Å²) in [4.78, 5) is 25.9. The van der Waals surface area contributed by atoms with Crippen molar-refractivity contribution in [3.8, 4) is 0 Å². The lowest BCUT2D eigenvalue weighted by molar-refractivity contribution is -0.161. The second-order valence-electron chi connectivity index (χ2n) is 4.86. The van der Waals surface area contributed by atoms with E-state index in [4.69, 9.17) is 10.5 Å². The predicted octanol–water partition coefficient (Wildman–Crippen LogP) is 1.34. The molecule has 0 aromatic rings. The van der Waals surface area contributed by atoms with E-state index >= 15 is 0 Å². The van der Waals surface area contributed by atoms with Crippen molar-refractivity contribution in [3.63, 3.8) is 0 Å². The number of halogens is 1. The average molecular weight is 293 g/mol. The van der Waals surface area contributed by atoms with Gasteiger partial charge in [0.05, 0.1) is 6.61 Å². The molecule has 1 aliphatic rings. The number of likely N-dealkylation sites (tertiary alicyclic amines) is 1. The minimum atomic E-state index is -1.19. The third-order valence-corrected chi connectivity index (χ3v) is 3.68. The van der Waals surface area contributed by atoms with Crippen LogP contribution in [0.3, 0.4) is 0 Å². The number of nitrogens with zero attached hydrogens (tertiary/aromatic N) is 1.